The van der Waals surface area contributed by atoms with Gasteiger partial charge in [0.1, 0.15) is 18.2 Å². The summed E-state index contributed by atoms with van der Waals surface area (Å²) in [6.45, 7) is 9.31. The maximum atomic E-state index is 8.43. The van der Waals surface area contributed by atoms with Crippen molar-refractivity contribution in [3.63, 3.8) is 0 Å². The van der Waals surface area contributed by atoms with E-state index in [1.807, 2.05) is 24.3 Å². The van der Waals surface area contributed by atoms with Crippen LogP contribution in [-0.2, 0) is 3.84 Å². The molecule has 158 valence electrons. The molecule has 1 aliphatic rings. The van der Waals surface area contributed by atoms with Crippen LogP contribution in [0.4, 0.5) is 0 Å². The molecule has 29 heavy (non-hydrogen) atoms. The molecule has 2 aromatic carbocycles. The van der Waals surface area contributed by atoms with Crippen LogP contribution < -0.4 is 4.74 Å². The number of nitrogens with one attached hydrogen (secondary N) is 1. The summed E-state index contributed by atoms with van der Waals surface area (Å²) in [6.07, 6.45) is 0. The molecule has 0 bridgehead atoms. The minimum atomic E-state index is 0.516. The highest BCUT2D eigenvalue weighted by atomic mass is 35.6. The van der Waals surface area contributed by atoms with Crippen LogP contribution >= 0.6 is 35.3 Å². The number of piperazine rings is 1. The Kier molecular flexibility index (Phi) is 10.0. The van der Waals surface area contributed by atoms with Crippen molar-refractivity contribution in [2.75, 3.05) is 39.3 Å². The monoisotopic (exact) mass is 457 g/mol. The second-order valence-electron chi connectivity index (χ2n) is 6.78. The first-order chi connectivity index (χ1) is 14.0. The lowest BCUT2D eigenvalue weighted by molar-refractivity contribution is 0.153. The summed E-state index contributed by atoms with van der Waals surface area (Å²) in [5.41, 5.74) is 3.17. The van der Waals surface area contributed by atoms with E-state index in [9.17, 15) is 0 Å². The molecule has 5 nitrogen and oxygen atoms in total. The summed E-state index contributed by atoms with van der Waals surface area (Å²) in [5.74, 6) is 1.52. The molecule has 3 rings (SSSR count). The van der Waals surface area contributed by atoms with Gasteiger partial charge in [0.25, 0.3) is 0 Å². The lowest BCUT2D eigenvalue weighted by Gasteiger charge is -2.36. The molecule has 0 amide bonds. The summed E-state index contributed by atoms with van der Waals surface area (Å²) in [4.78, 5) is 4.49. The maximum Gasteiger partial charge on any atom is 0.129 e. The molecular formula is C21H26Cl3N3O2. The topological polar surface area (TPSA) is 48.8 Å². The van der Waals surface area contributed by atoms with E-state index in [2.05, 4.69) is 69.4 Å². The van der Waals surface area contributed by atoms with Crippen molar-refractivity contribution in [3.8, 4) is 5.75 Å². The average molecular weight is 459 g/mol. The van der Waals surface area contributed by atoms with Crippen molar-refractivity contribution in [1.29, 1.82) is 5.41 Å². The van der Waals surface area contributed by atoms with Gasteiger partial charge in [-0.15, -0.1) is 0 Å². The van der Waals surface area contributed by atoms with E-state index in [-0.39, 0.29) is 0 Å². The van der Waals surface area contributed by atoms with Crippen LogP contribution in [0.1, 0.15) is 16.7 Å². The Morgan fingerprint density at radius 1 is 0.966 bits per heavy atom. The van der Waals surface area contributed by atoms with Crippen LogP contribution in [0, 0.1) is 19.3 Å². The number of aryl methyl sites for hydroxylation is 2. The molecule has 0 unspecified atom stereocenters. The molecule has 0 saturated carbocycles. The molecule has 1 N–H and O–H groups in total. The Bertz CT molecular complexity index is 776. The van der Waals surface area contributed by atoms with Crippen LogP contribution in [-0.4, -0.2) is 55.0 Å². The molecule has 8 heteroatoms. The fourth-order valence-corrected chi connectivity index (χ4v) is 3.55. The predicted molar refractivity (Wildman–Crippen MR) is 120 cm³/mol. The predicted octanol–water partition coefficient (Wildman–Crippen LogP) is 5.29. The Labute approximate surface area is 187 Å². The van der Waals surface area contributed by atoms with Gasteiger partial charge >= 0.3 is 0 Å². The highest BCUT2D eigenvalue weighted by molar-refractivity contribution is 6.34. The van der Waals surface area contributed by atoms with E-state index >= 15 is 0 Å². The van der Waals surface area contributed by atoms with Gasteiger partial charge in [-0.25, -0.2) is 0 Å². The lowest BCUT2D eigenvalue weighted by atomic mass is 10.1. The number of amidine groups is 1. The molecule has 0 aromatic heterocycles. The second kappa shape index (κ2) is 12.3. The van der Waals surface area contributed by atoms with E-state index in [4.69, 9.17) is 21.7 Å². The fourth-order valence-electron chi connectivity index (χ4n) is 3.32. The number of ether oxygens (including phenoxy) is 1. The number of hydrogen-bond acceptors (Lipinski definition) is 4. The van der Waals surface area contributed by atoms with Gasteiger partial charge in [-0.1, -0.05) is 41.9 Å². The molecule has 1 saturated heterocycles. The highest BCUT2D eigenvalue weighted by Gasteiger charge is 2.21. The first-order valence-electron chi connectivity index (χ1n) is 9.37. The van der Waals surface area contributed by atoms with E-state index in [1.165, 1.54) is 11.1 Å². The minimum Gasteiger partial charge on any atom is -0.492 e. The fraction of sp³-hybridized carbons (Fsp3) is 0.381. The van der Waals surface area contributed by atoms with Crippen molar-refractivity contribution in [3.05, 3.63) is 64.2 Å². The normalized spacial score (nSPS) is 14.2. The van der Waals surface area contributed by atoms with Crippen molar-refractivity contribution < 1.29 is 8.58 Å². The van der Waals surface area contributed by atoms with E-state index in [0.29, 0.717) is 17.5 Å². The van der Waals surface area contributed by atoms with Gasteiger partial charge in [0.2, 0.25) is 0 Å². The molecule has 1 heterocycles. The van der Waals surface area contributed by atoms with Crippen molar-refractivity contribution in [1.82, 2.24) is 9.80 Å². The molecule has 2 aromatic rings. The molecule has 0 radical (unpaired) electrons. The van der Waals surface area contributed by atoms with Crippen LogP contribution in [0.2, 0.25) is 5.02 Å². The summed E-state index contributed by atoms with van der Waals surface area (Å²) in [7, 11) is 0. The van der Waals surface area contributed by atoms with Gasteiger partial charge in [-0.05, 0) is 37.1 Å². The third-order valence-electron chi connectivity index (χ3n) is 4.88. The van der Waals surface area contributed by atoms with Crippen LogP contribution in [0.5, 0.6) is 5.75 Å². The maximum absolute atomic E-state index is 8.43. The summed E-state index contributed by atoms with van der Waals surface area (Å²) in [5, 5.41) is 9.07. The first kappa shape index (κ1) is 23.8. The number of nitrogens with zero attached hydrogens (tertiary/aromatic N) is 2. The van der Waals surface area contributed by atoms with Crippen LogP contribution in [0.25, 0.3) is 0 Å². The zero-order valence-corrected chi connectivity index (χ0v) is 18.9. The van der Waals surface area contributed by atoms with Gasteiger partial charge in [0.05, 0.1) is 28.8 Å². The van der Waals surface area contributed by atoms with E-state index in [1.54, 1.807) is 0 Å². The van der Waals surface area contributed by atoms with E-state index < -0.39 is 0 Å². The molecule has 0 aliphatic carbocycles. The molecule has 0 atom stereocenters. The van der Waals surface area contributed by atoms with Crippen molar-refractivity contribution in [2.24, 2.45) is 0 Å². The number of benzene rings is 2. The van der Waals surface area contributed by atoms with Gasteiger partial charge in [0.15, 0.2) is 0 Å². The quantitative estimate of drug-likeness (QED) is 0.488. The van der Waals surface area contributed by atoms with E-state index in [0.717, 1.165) is 44.0 Å². The average Bonchev–Trinajstić information content (AvgIpc) is 2.71. The van der Waals surface area contributed by atoms with Crippen LogP contribution in [0.15, 0.2) is 42.5 Å². The van der Waals surface area contributed by atoms with Gasteiger partial charge in [-0.3, -0.25) is 10.3 Å². The Morgan fingerprint density at radius 3 is 2.14 bits per heavy atom. The smallest absolute Gasteiger partial charge is 0.129 e. The summed E-state index contributed by atoms with van der Waals surface area (Å²) >= 11 is 14.8. The number of halogens is 3. The Balaban J connectivity index is 0.000000941. The van der Waals surface area contributed by atoms with Gasteiger partial charge in [0, 0.05) is 38.3 Å². The zero-order chi connectivity index (χ0) is 21.2. The molecule has 0 spiro atoms. The lowest BCUT2D eigenvalue weighted by Crippen LogP contribution is -2.49. The van der Waals surface area contributed by atoms with Gasteiger partial charge in [-0.2, -0.15) is 3.84 Å². The molecule has 1 fully saturated rings. The summed E-state index contributed by atoms with van der Waals surface area (Å²) < 4.78 is 9.21. The Hall–Kier alpha value is -1.50. The largest absolute Gasteiger partial charge is 0.492 e. The van der Waals surface area contributed by atoms with Crippen molar-refractivity contribution in [2.45, 2.75) is 13.8 Å². The standard InChI is InChI=1S/C21H26ClN3O.Cl2O/c1-16-6-5-7-17(2)20(16)26-15-14-24-10-12-25(13-11-24)21(23)18-8-3-4-9-19(18)22;1-3-2/h3-9,23H,10-15H2,1-2H3;. The van der Waals surface area contributed by atoms with Crippen molar-refractivity contribution >= 4 is 41.2 Å². The second-order valence-corrected chi connectivity index (χ2v) is 7.66. The third kappa shape index (κ3) is 7.05. The first-order valence-corrected chi connectivity index (χ1v) is 10.4. The minimum absolute atomic E-state index is 0.516. The third-order valence-corrected chi connectivity index (χ3v) is 5.21. The highest BCUT2D eigenvalue weighted by Crippen LogP contribution is 2.22. The number of hydrogen-bond donors (Lipinski definition) is 1. The SMILES string of the molecule is Cc1cccc(C)c1OCCN1CCN(C(=N)c2ccccc2Cl)CC1.ClOCl. The Morgan fingerprint density at radius 2 is 1.55 bits per heavy atom. The van der Waals surface area contributed by atoms with Crippen LogP contribution in [0.3, 0.4) is 0 Å². The number of rotatable bonds is 5. The molecular weight excluding hydrogens is 433 g/mol. The number of para-hydroxylation sites is 1. The molecule has 1 aliphatic heterocycles. The summed E-state index contributed by atoms with van der Waals surface area (Å²) in [6, 6.07) is 13.8. The zero-order valence-electron chi connectivity index (χ0n) is 16.6. The van der Waals surface area contributed by atoms with Gasteiger partial charge < -0.3 is 9.64 Å².